The van der Waals surface area contributed by atoms with E-state index < -0.39 is 10.0 Å². The number of sulfonamides is 1. The number of fused-ring (bicyclic) bond motifs is 1. The molecule has 0 radical (unpaired) electrons. The van der Waals surface area contributed by atoms with E-state index in [1.165, 1.54) is 10.4 Å². The van der Waals surface area contributed by atoms with Crippen molar-refractivity contribution in [1.29, 1.82) is 0 Å². The average molecular weight is 199 g/mol. The van der Waals surface area contributed by atoms with Crippen LogP contribution in [0.4, 0.5) is 0 Å². The maximum atomic E-state index is 11.1. The summed E-state index contributed by atoms with van der Waals surface area (Å²) >= 11 is 0. The largest absolute Gasteiger partial charge is 0.294 e. The smallest absolute Gasteiger partial charge is 0.232 e. The highest BCUT2D eigenvalue weighted by atomic mass is 32.2. The fourth-order valence-corrected chi connectivity index (χ4v) is 2.21. The zero-order valence-electron chi connectivity index (χ0n) is 7.15. The molecular weight excluding hydrogens is 190 g/mol. The highest BCUT2D eigenvalue weighted by molar-refractivity contribution is 7.88. The summed E-state index contributed by atoms with van der Waals surface area (Å²) in [6.45, 7) is 0.319. The van der Waals surface area contributed by atoms with E-state index in [-0.39, 0.29) is 5.78 Å². The van der Waals surface area contributed by atoms with Crippen LogP contribution in [0.3, 0.4) is 0 Å². The summed E-state index contributed by atoms with van der Waals surface area (Å²) in [6.07, 6.45) is 4.58. The molecule has 0 amide bonds. The number of ketones is 1. The molecule has 1 aliphatic heterocycles. The van der Waals surface area contributed by atoms with Gasteiger partial charge in [0.15, 0.2) is 5.78 Å². The van der Waals surface area contributed by atoms with E-state index in [0.29, 0.717) is 13.0 Å². The number of carbonyl (C=O) groups is 1. The van der Waals surface area contributed by atoms with E-state index in [1.54, 1.807) is 6.20 Å². The van der Waals surface area contributed by atoms with Crippen LogP contribution in [0.25, 0.3) is 0 Å². The summed E-state index contributed by atoms with van der Waals surface area (Å²) in [5.41, 5.74) is 1.69. The second-order valence-corrected chi connectivity index (χ2v) is 5.21. The predicted molar refractivity (Wildman–Crippen MR) is 47.3 cm³/mol. The maximum absolute atomic E-state index is 11.1. The molecule has 2 rings (SSSR count). The van der Waals surface area contributed by atoms with E-state index >= 15 is 0 Å². The van der Waals surface area contributed by atoms with Crippen LogP contribution in [-0.2, 0) is 14.8 Å². The van der Waals surface area contributed by atoms with Gasteiger partial charge in [-0.2, -0.15) is 0 Å². The minimum atomic E-state index is -3.16. The lowest BCUT2D eigenvalue weighted by Gasteiger charge is -2.11. The Balaban J connectivity index is 2.32. The third-order valence-corrected chi connectivity index (χ3v) is 3.25. The van der Waals surface area contributed by atoms with Gasteiger partial charge in [0, 0.05) is 12.6 Å². The van der Waals surface area contributed by atoms with Crippen molar-refractivity contribution in [3.63, 3.8) is 0 Å². The molecule has 0 aromatic carbocycles. The Hall–Kier alpha value is -1.10. The van der Waals surface area contributed by atoms with Gasteiger partial charge in [-0.15, -0.1) is 0 Å². The molecule has 0 aromatic rings. The van der Waals surface area contributed by atoms with Gasteiger partial charge in [0.05, 0.1) is 12.8 Å². The second kappa shape index (κ2) is 2.45. The molecule has 1 aliphatic carbocycles. The van der Waals surface area contributed by atoms with Gasteiger partial charge in [-0.1, -0.05) is 0 Å². The molecule has 13 heavy (non-hydrogen) atoms. The molecule has 0 fully saturated rings. The minimum Gasteiger partial charge on any atom is -0.294 e. The Morgan fingerprint density at radius 3 is 2.62 bits per heavy atom. The third-order valence-electron chi connectivity index (χ3n) is 2.16. The average Bonchev–Trinajstić information content (AvgIpc) is 2.40. The van der Waals surface area contributed by atoms with Crippen LogP contribution in [-0.4, -0.2) is 31.3 Å². The number of hydrogen-bond donors (Lipinski definition) is 0. The van der Waals surface area contributed by atoms with Crippen molar-refractivity contribution in [2.75, 3.05) is 12.8 Å². The van der Waals surface area contributed by atoms with Crippen LogP contribution >= 0.6 is 0 Å². The molecule has 0 atom stereocenters. The molecular formula is C8H9NO3S. The van der Waals surface area contributed by atoms with Crippen molar-refractivity contribution >= 4 is 15.8 Å². The molecule has 70 valence electrons. The Morgan fingerprint density at radius 2 is 2.08 bits per heavy atom. The zero-order chi connectivity index (χ0) is 9.64. The van der Waals surface area contributed by atoms with Gasteiger partial charge < -0.3 is 0 Å². The first kappa shape index (κ1) is 8.50. The van der Waals surface area contributed by atoms with Crippen molar-refractivity contribution in [3.05, 3.63) is 23.4 Å². The molecule has 0 saturated carbocycles. The number of rotatable bonds is 1. The van der Waals surface area contributed by atoms with Gasteiger partial charge in [0.1, 0.15) is 0 Å². The van der Waals surface area contributed by atoms with E-state index in [1.807, 2.05) is 0 Å². The summed E-state index contributed by atoms with van der Waals surface area (Å²) in [4.78, 5) is 10.9. The summed E-state index contributed by atoms with van der Waals surface area (Å²) in [5, 5.41) is 0. The second-order valence-electron chi connectivity index (χ2n) is 3.28. The van der Waals surface area contributed by atoms with Crippen molar-refractivity contribution < 1.29 is 13.2 Å². The monoisotopic (exact) mass is 199 g/mol. The molecule has 2 aliphatic rings. The zero-order valence-corrected chi connectivity index (χ0v) is 7.97. The summed E-state index contributed by atoms with van der Waals surface area (Å²) < 4.78 is 23.5. The molecule has 0 spiro atoms. The van der Waals surface area contributed by atoms with Gasteiger partial charge in [-0.05, 0) is 17.2 Å². The topological polar surface area (TPSA) is 54.5 Å². The van der Waals surface area contributed by atoms with Gasteiger partial charge in [0.25, 0.3) is 0 Å². The third kappa shape index (κ3) is 1.39. The summed E-state index contributed by atoms with van der Waals surface area (Å²) in [6, 6.07) is 0. The van der Waals surface area contributed by atoms with Crippen LogP contribution in [0.5, 0.6) is 0 Å². The lowest BCUT2D eigenvalue weighted by atomic mass is 10.2. The van der Waals surface area contributed by atoms with E-state index in [2.05, 4.69) is 0 Å². The Bertz CT molecular complexity index is 430. The van der Waals surface area contributed by atoms with Crippen molar-refractivity contribution in [2.24, 2.45) is 0 Å². The lowest BCUT2D eigenvalue weighted by molar-refractivity contribution is -0.113. The van der Waals surface area contributed by atoms with E-state index in [0.717, 1.165) is 17.4 Å². The summed E-state index contributed by atoms with van der Waals surface area (Å²) in [5.74, 6) is 0.0643. The van der Waals surface area contributed by atoms with Crippen LogP contribution in [0.1, 0.15) is 6.42 Å². The Labute approximate surface area is 76.6 Å². The molecule has 1 heterocycles. The highest BCUT2D eigenvalue weighted by Crippen LogP contribution is 2.30. The van der Waals surface area contributed by atoms with Gasteiger partial charge in [-0.25, -0.2) is 8.42 Å². The van der Waals surface area contributed by atoms with Gasteiger partial charge in [-0.3, -0.25) is 9.10 Å². The number of carbonyl (C=O) groups excluding carboxylic acids is 1. The molecule has 0 saturated heterocycles. The first-order valence-electron chi connectivity index (χ1n) is 3.88. The number of allylic oxidation sites excluding steroid dienone is 1. The standard InChI is InChI=1S/C8H9NO3S/c1-13(11,12)9-4-6-2-8(10)3-7(6)5-9/h2,5H,3-4H2,1H3. The van der Waals surface area contributed by atoms with Crippen LogP contribution in [0, 0.1) is 0 Å². The normalized spacial score (nSPS) is 21.6. The summed E-state index contributed by atoms with van der Waals surface area (Å²) in [7, 11) is -3.16. The van der Waals surface area contributed by atoms with Gasteiger partial charge >= 0.3 is 0 Å². The molecule has 4 nitrogen and oxygen atoms in total. The number of nitrogens with zero attached hydrogens (tertiary/aromatic N) is 1. The molecule has 0 unspecified atom stereocenters. The van der Waals surface area contributed by atoms with Crippen LogP contribution < -0.4 is 0 Å². The Morgan fingerprint density at radius 1 is 1.38 bits per heavy atom. The molecule has 0 N–H and O–H groups in total. The van der Waals surface area contributed by atoms with Crippen LogP contribution in [0.2, 0.25) is 0 Å². The SMILES string of the molecule is CS(=O)(=O)N1C=C2CC(=O)C=C2C1. The Kier molecular flexibility index (Phi) is 1.60. The van der Waals surface area contributed by atoms with Crippen molar-refractivity contribution in [1.82, 2.24) is 4.31 Å². The van der Waals surface area contributed by atoms with Crippen molar-refractivity contribution in [3.8, 4) is 0 Å². The lowest BCUT2D eigenvalue weighted by Crippen LogP contribution is -2.22. The minimum absolute atomic E-state index is 0.0643. The molecule has 5 heteroatoms. The predicted octanol–water partition coefficient (Wildman–Crippen LogP) is 0.0447. The molecule has 0 bridgehead atoms. The molecule has 0 aromatic heterocycles. The van der Waals surface area contributed by atoms with E-state index in [9.17, 15) is 13.2 Å². The van der Waals surface area contributed by atoms with Gasteiger partial charge in [0.2, 0.25) is 10.0 Å². The van der Waals surface area contributed by atoms with Crippen LogP contribution in [0.15, 0.2) is 23.4 Å². The number of hydrogen-bond acceptors (Lipinski definition) is 3. The van der Waals surface area contributed by atoms with E-state index in [4.69, 9.17) is 0 Å². The quantitative estimate of drug-likeness (QED) is 0.599. The fraction of sp³-hybridized carbons (Fsp3) is 0.375. The first-order valence-corrected chi connectivity index (χ1v) is 5.73. The van der Waals surface area contributed by atoms with Crippen molar-refractivity contribution in [2.45, 2.75) is 6.42 Å². The highest BCUT2D eigenvalue weighted by Gasteiger charge is 2.29. The maximum Gasteiger partial charge on any atom is 0.232 e. The first-order chi connectivity index (χ1) is 5.97. The fourth-order valence-electron chi connectivity index (χ4n) is 1.52.